The van der Waals surface area contributed by atoms with Crippen LogP contribution in [0.15, 0.2) is 0 Å². The molecule has 0 radical (unpaired) electrons. The van der Waals surface area contributed by atoms with Crippen molar-refractivity contribution in [3.8, 4) is 0 Å². The van der Waals surface area contributed by atoms with Gasteiger partial charge in [0.2, 0.25) is 0 Å². The average Bonchev–Trinajstić information content (AvgIpc) is 2.56. The van der Waals surface area contributed by atoms with Crippen molar-refractivity contribution in [3.05, 3.63) is 0 Å². The van der Waals surface area contributed by atoms with E-state index >= 15 is 0 Å². The lowest BCUT2D eigenvalue weighted by molar-refractivity contribution is 0.0889. The van der Waals surface area contributed by atoms with Crippen molar-refractivity contribution in [2.24, 2.45) is 23.7 Å². The van der Waals surface area contributed by atoms with Gasteiger partial charge in [0.1, 0.15) is 0 Å². The molecule has 5 unspecified atom stereocenters. The van der Waals surface area contributed by atoms with E-state index in [0.717, 1.165) is 30.6 Å². The Labute approximate surface area is 80.5 Å². The van der Waals surface area contributed by atoms with Crippen LogP contribution < -0.4 is 0 Å². The third-order valence-corrected chi connectivity index (χ3v) is 4.92. The Morgan fingerprint density at radius 2 is 2.08 bits per heavy atom. The first kappa shape index (κ1) is 8.28. The highest BCUT2D eigenvalue weighted by molar-refractivity contribution is 5.04. The molecular formula is C12H20O. The maximum atomic E-state index is 10.1. The van der Waals surface area contributed by atoms with Crippen molar-refractivity contribution in [2.75, 3.05) is 0 Å². The van der Waals surface area contributed by atoms with Gasteiger partial charge in [0.05, 0.1) is 5.60 Å². The van der Waals surface area contributed by atoms with E-state index in [4.69, 9.17) is 0 Å². The van der Waals surface area contributed by atoms with Gasteiger partial charge >= 0.3 is 0 Å². The van der Waals surface area contributed by atoms with Crippen LogP contribution in [0.1, 0.15) is 45.4 Å². The standard InChI is InChI=1S/C12H20O/c1-8-6-12(8,13)7-11-5-9-2-3-10(11)4-9/h8-11,13H,2-7H2,1H3. The van der Waals surface area contributed by atoms with Crippen molar-refractivity contribution in [2.45, 2.75) is 51.0 Å². The van der Waals surface area contributed by atoms with Gasteiger partial charge < -0.3 is 5.11 Å². The Morgan fingerprint density at radius 1 is 1.31 bits per heavy atom. The molecule has 0 aliphatic heterocycles. The molecule has 0 heterocycles. The number of rotatable bonds is 2. The van der Waals surface area contributed by atoms with Crippen LogP contribution in [0.2, 0.25) is 0 Å². The molecule has 1 nitrogen and oxygen atoms in total. The Kier molecular flexibility index (Phi) is 1.59. The minimum absolute atomic E-state index is 0.227. The summed E-state index contributed by atoms with van der Waals surface area (Å²) in [6.45, 7) is 2.19. The van der Waals surface area contributed by atoms with Crippen LogP contribution in [0.25, 0.3) is 0 Å². The minimum Gasteiger partial charge on any atom is -0.390 e. The van der Waals surface area contributed by atoms with Crippen LogP contribution in [0.3, 0.4) is 0 Å². The molecular weight excluding hydrogens is 160 g/mol. The second-order valence-corrected chi connectivity index (χ2v) is 5.85. The summed E-state index contributed by atoms with van der Waals surface area (Å²) >= 11 is 0. The summed E-state index contributed by atoms with van der Waals surface area (Å²) in [6, 6.07) is 0. The van der Waals surface area contributed by atoms with E-state index in [1.807, 2.05) is 0 Å². The highest BCUT2D eigenvalue weighted by Crippen LogP contribution is 2.56. The first-order valence-electron chi connectivity index (χ1n) is 5.90. The summed E-state index contributed by atoms with van der Waals surface area (Å²) < 4.78 is 0. The quantitative estimate of drug-likeness (QED) is 0.692. The fraction of sp³-hybridized carbons (Fsp3) is 1.00. The van der Waals surface area contributed by atoms with Gasteiger partial charge in [-0.05, 0) is 55.8 Å². The lowest BCUT2D eigenvalue weighted by Gasteiger charge is -2.24. The molecule has 2 bridgehead atoms. The fourth-order valence-electron chi connectivity index (χ4n) is 3.84. The van der Waals surface area contributed by atoms with Crippen LogP contribution in [0.5, 0.6) is 0 Å². The van der Waals surface area contributed by atoms with E-state index in [1.165, 1.54) is 25.7 Å². The highest BCUT2D eigenvalue weighted by Gasteiger charge is 2.53. The molecule has 0 aromatic rings. The number of fused-ring (bicyclic) bond motifs is 2. The Hall–Kier alpha value is -0.0400. The summed E-state index contributed by atoms with van der Waals surface area (Å²) in [5.74, 6) is 3.50. The molecule has 3 fully saturated rings. The molecule has 5 atom stereocenters. The van der Waals surface area contributed by atoms with Gasteiger partial charge in [0.25, 0.3) is 0 Å². The van der Waals surface area contributed by atoms with Crippen LogP contribution in [0.4, 0.5) is 0 Å². The minimum atomic E-state index is -0.227. The molecule has 3 aliphatic carbocycles. The normalized spacial score (nSPS) is 58.6. The molecule has 3 rings (SSSR count). The van der Waals surface area contributed by atoms with Crippen molar-refractivity contribution in [3.63, 3.8) is 0 Å². The fourth-order valence-corrected chi connectivity index (χ4v) is 3.84. The summed E-state index contributed by atoms with van der Waals surface area (Å²) in [5.41, 5.74) is -0.227. The molecule has 1 N–H and O–H groups in total. The maximum absolute atomic E-state index is 10.1. The predicted octanol–water partition coefficient (Wildman–Crippen LogP) is 2.58. The number of aliphatic hydroxyl groups is 1. The molecule has 3 aliphatic rings. The van der Waals surface area contributed by atoms with Gasteiger partial charge in [0, 0.05) is 0 Å². The zero-order chi connectivity index (χ0) is 9.05. The Bertz CT molecular complexity index is 225. The van der Waals surface area contributed by atoms with Crippen molar-refractivity contribution >= 4 is 0 Å². The predicted molar refractivity (Wildman–Crippen MR) is 52.3 cm³/mol. The van der Waals surface area contributed by atoms with E-state index in [2.05, 4.69) is 6.92 Å². The van der Waals surface area contributed by atoms with Crippen molar-refractivity contribution in [1.82, 2.24) is 0 Å². The Morgan fingerprint density at radius 3 is 2.54 bits per heavy atom. The van der Waals surface area contributed by atoms with Gasteiger partial charge in [-0.2, -0.15) is 0 Å². The van der Waals surface area contributed by atoms with Crippen LogP contribution in [-0.4, -0.2) is 10.7 Å². The van der Waals surface area contributed by atoms with Gasteiger partial charge in [-0.15, -0.1) is 0 Å². The van der Waals surface area contributed by atoms with Crippen molar-refractivity contribution in [1.29, 1.82) is 0 Å². The maximum Gasteiger partial charge on any atom is 0.0680 e. The summed E-state index contributed by atoms with van der Waals surface area (Å²) in [6.07, 6.45) is 8.04. The number of hydrogen-bond donors (Lipinski definition) is 1. The van der Waals surface area contributed by atoms with Gasteiger partial charge in [0.15, 0.2) is 0 Å². The zero-order valence-electron chi connectivity index (χ0n) is 8.50. The van der Waals surface area contributed by atoms with E-state index in [-0.39, 0.29) is 5.60 Å². The first-order valence-corrected chi connectivity index (χ1v) is 5.90. The van der Waals surface area contributed by atoms with Crippen LogP contribution >= 0.6 is 0 Å². The molecule has 1 heteroatoms. The van der Waals surface area contributed by atoms with E-state index in [0.29, 0.717) is 5.92 Å². The second-order valence-electron chi connectivity index (χ2n) is 5.85. The molecule has 0 aromatic carbocycles. The average molecular weight is 180 g/mol. The Balaban J connectivity index is 1.62. The molecule has 74 valence electrons. The molecule has 0 saturated heterocycles. The topological polar surface area (TPSA) is 20.2 Å². The monoisotopic (exact) mass is 180 g/mol. The lowest BCUT2D eigenvalue weighted by Crippen LogP contribution is -2.20. The second kappa shape index (κ2) is 2.50. The largest absolute Gasteiger partial charge is 0.390 e. The summed E-state index contributed by atoms with van der Waals surface area (Å²) in [7, 11) is 0. The molecule has 13 heavy (non-hydrogen) atoms. The molecule has 3 saturated carbocycles. The highest BCUT2D eigenvalue weighted by atomic mass is 16.3. The summed E-state index contributed by atoms with van der Waals surface area (Å²) in [5, 5.41) is 10.1. The SMILES string of the molecule is CC1CC1(O)CC1CC2CCC1C2. The zero-order valence-corrected chi connectivity index (χ0v) is 8.50. The third-order valence-electron chi connectivity index (χ3n) is 4.92. The summed E-state index contributed by atoms with van der Waals surface area (Å²) in [4.78, 5) is 0. The van der Waals surface area contributed by atoms with E-state index < -0.39 is 0 Å². The third kappa shape index (κ3) is 1.24. The van der Waals surface area contributed by atoms with Crippen molar-refractivity contribution < 1.29 is 5.11 Å². The van der Waals surface area contributed by atoms with Crippen LogP contribution in [-0.2, 0) is 0 Å². The van der Waals surface area contributed by atoms with Crippen LogP contribution in [0, 0.1) is 23.7 Å². The van der Waals surface area contributed by atoms with E-state index in [1.54, 1.807) is 0 Å². The first-order chi connectivity index (χ1) is 6.17. The van der Waals surface area contributed by atoms with Gasteiger partial charge in [-0.3, -0.25) is 0 Å². The van der Waals surface area contributed by atoms with Gasteiger partial charge in [-0.25, -0.2) is 0 Å². The molecule has 0 amide bonds. The van der Waals surface area contributed by atoms with E-state index in [9.17, 15) is 5.11 Å². The number of hydrogen-bond acceptors (Lipinski definition) is 1. The van der Waals surface area contributed by atoms with Gasteiger partial charge in [-0.1, -0.05) is 13.3 Å². The smallest absolute Gasteiger partial charge is 0.0680 e. The molecule has 0 spiro atoms. The lowest BCUT2D eigenvalue weighted by atomic mass is 9.84. The molecule has 0 aromatic heterocycles.